The highest BCUT2D eigenvalue weighted by Crippen LogP contribution is 2.38. The van der Waals surface area contributed by atoms with Gasteiger partial charge in [0.05, 0.1) is 0 Å². The molecule has 0 saturated carbocycles. The average Bonchev–Trinajstić information content (AvgIpc) is 2.86. The van der Waals surface area contributed by atoms with E-state index >= 15 is 0 Å². The number of fused-ring (bicyclic) bond motifs is 2. The number of carbonyl (C=O) groups is 1. The number of nitrogens with zero attached hydrogens (tertiary/aromatic N) is 2. The second-order valence-electron chi connectivity index (χ2n) is 8.59. The number of hydrogen-bond acceptors (Lipinski definition) is 4. The zero-order chi connectivity index (χ0) is 20.4. The van der Waals surface area contributed by atoms with Crippen LogP contribution in [0.25, 0.3) is 0 Å². The van der Waals surface area contributed by atoms with Crippen LogP contribution in [0.5, 0.6) is 0 Å². The zero-order valence-electron chi connectivity index (χ0n) is 17.7. The minimum atomic E-state index is 0.00961. The Kier molecular flexibility index (Phi) is 5.88. The van der Waals surface area contributed by atoms with E-state index in [2.05, 4.69) is 77.7 Å². The maximum absolute atomic E-state index is 12.7. The monoisotopic (exact) mass is 392 g/mol. The van der Waals surface area contributed by atoms with E-state index in [4.69, 9.17) is 0 Å². The largest absolute Gasteiger partial charge is 0.355 e. The molecule has 0 aliphatic carbocycles. The van der Waals surface area contributed by atoms with Crippen molar-refractivity contribution < 1.29 is 4.79 Å². The lowest BCUT2D eigenvalue weighted by Gasteiger charge is -2.41. The summed E-state index contributed by atoms with van der Waals surface area (Å²) in [5.74, 6) is 0.449. The molecule has 0 spiro atoms. The van der Waals surface area contributed by atoms with Gasteiger partial charge in [-0.25, -0.2) is 0 Å². The van der Waals surface area contributed by atoms with Crippen LogP contribution in [0.15, 0.2) is 42.5 Å². The smallest absolute Gasteiger partial charge is 0.251 e. The number of benzene rings is 2. The van der Waals surface area contributed by atoms with Crippen LogP contribution in [-0.2, 0) is 6.42 Å². The molecule has 4 rings (SSSR count). The van der Waals surface area contributed by atoms with Crippen molar-refractivity contribution in [2.24, 2.45) is 5.92 Å². The lowest BCUT2D eigenvalue weighted by molar-refractivity contribution is 0.0949. The number of carbonyl (C=O) groups excluding carboxylic acids is 1. The van der Waals surface area contributed by atoms with Crippen LogP contribution < -0.4 is 15.5 Å². The Balaban J connectivity index is 1.71. The number of piperazine rings is 1. The van der Waals surface area contributed by atoms with Crippen molar-refractivity contribution >= 4 is 11.6 Å². The van der Waals surface area contributed by atoms with E-state index in [1.807, 2.05) is 6.07 Å². The first-order valence-electron chi connectivity index (χ1n) is 10.7. The number of nitrogens with one attached hydrogen (secondary N) is 2. The van der Waals surface area contributed by atoms with Gasteiger partial charge in [0, 0.05) is 51.0 Å². The predicted octanol–water partition coefficient (Wildman–Crippen LogP) is 3.02. The minimum Gasteiger partial charge on any atom is -0.355 e. The van der Waals surface area contributed by atoms with Crippen LogP contribution in [0.3, 0.4) is 0 Å². The molecule has 0 bridgehead atoms. The fraction of sp³-hybridized carbons (Fsp3) is 0.458. The topological polar surface area (TPSA) is 47.6 Å². The fourth-order valence-corrected chi connectivity index (χ4v) is 4.44. The van der Waals surface area contributed by atoms with E-state index in [0.29, 0.717) is 12.5 Å². The molecular formula is C24H32N4O. The van der Waals surface area contributed by atoms with Crippen molar-refractivity contribution in [3.05, 3.63) is 64.7 Å². The van der Waals surface area contributed by atoms with Gasteiger partial charge in [-0.15, -0.1) is 0 Å². The third-order valence-electron chi connectivity index (χ3n) is 5.98. The average molecular weight is 393 g/mol. The Bertz CT molecular complexity index is 873. The van der Waals surface area contributed by atoms with Crippen LogP contribution in [0.2, 0.25) is 0 Å². The quantitative estimate of drug-likeness (QED) is 0.840. The van der Waals surface area contributed by atoms with Crippen molar-refractivity contribution in [3.63, 3.8) is 0 Å². The van der Waals surface area contributed by atoms with Gasteiger partial charge >= 0.3 is 0 Å². The van der Waals surface area contributed by atoms with Gasteiger partial charge in [-0.2, -0.15) is 0 Å². The van der Waals surface area contributed by atoms with Gasteiger partial charge in [0.25, 0.3) is 5.91 Å². The van der Waals surface area contributed by atoms with E-state index in [9.17, 15) is 4.79 Å². The van der Waals surface area contributed by atoms with Gasteiger partial charge in [0.2, 0.25) is 0 Å². The van der Waals surface area contributed by atoms with Crippen molar-refractivity contribution in [2.75, 3.05) is 44.7 Å². The molecule has 2 aliphatic rings. The zero-order valence-corrected chi connectivity index (χ0v) is 17.7. The molecule has 5 nitrogen and oxygen atoms in total. The van der Waals surface area contributed by atoms with E-state index in [-0.39, 0.29) is 12.1 Å². The summed E-state index contributed by atoms with van der Waals surface area (Å²) in [6.45, 7) is 8.98. The van der Waals surface area contributed by atoms with E-state index in [1.165, 1.54) is 16.7 Å². The number of rotatable bonds is 4. The van der Waals surface area contributed by atoms with Crippen LogP contribution in [0.1, 0.15) is 47.1 Å². The second kappa shape index (κ2) is 8.56. The Morgan fingerprint density at radius 1 is 1.14 bits per heavy atom. The van der Waals surface area contributed by atoms with Gasteiger partial charge in [-0.05, 0) is 41.2 Å². The Morgan fingerprint density at radius 3 is 2.66 bits per heavy atom. The molecule has 2 N–H and O–H groups in total. The van der Waals surface area contributed by atoms with Gasteiger partial charge in [0.15, 0.2) is 0 Å². The number of hydrogen-bond donors (Lipinski definition) is 2. The first kappa shape index (κ1) is 19.9. The molecule has 2 heterocycles. The van der Waals surface area contributed by atoms with E-state index in [1.54, 1.807) is 0 Å². The van der Waals surface area contributed by atoms with E-state index < -0.39 is 0 Å². The summed E-state index contributed by atoms with van der Waals surface area (Å²) in [7, 11) is 2.17. The second-order valence-corrected chi connectivity index (χ2v) is 8.59. The molecular weight excluding hydrogens is 360 g/mol. The summed E-state index contributed by atoms with van der Waals surface area (Å²) in [5.41, 5.74) is 5.92. The molecule has 1 fully saturated rings. The SMILES string of the molecule is CC(C)CNC(=O)c1ccc2c(c1)N(C)C(N1CCNCC1)c1ccccc1C2. The molecule has 0 radical (unpaired) electrons. The molecule has 2 aromatic rings. The molecule has 2 aromatic carbocycles. The third kappa shape index (κ3) is 4.16. The molecule has 154 valence electrons. The summed E-state index contributed by atoms with van der Waals surface area (Å²) in [5, 5.41) is 6.51. The molecule has 1 saturated heterocycles. The summed E-state index contributed by atoms with van der Waals surface area (Å²) < 4.78 is 0. The van der Waals surface area contributed by atoms with Gasteiger partial charge in [-0.1, -0.05) is 44.2 Å². The maximum Gasteiger partial charge on any atom is 0.251 e. The van der Waals surface area contributed by atoms with Crippen molar-refractivity contribution in [3.8, 4) is 0 Å². The molecule has 2 aliphatic heterocycles. The Morgan fingerprint density at radius 2 is 1.90 bits per heavy atom. The minimum absolute atomic E-state index is 0.00961. The van der Waals surface area contributed by atoms with Gasteiger partial charge < -0.3 is 15.5 Å². The highest BCUT2D eigenvalue weighted by atomic mass is 16.1. The lowest BCUT2D eigenvalue weighted by atomic mass is 9.98. The summed E-state index contributed by atoms with van der Waals surface area (Å²) >= 11 is 0. The van der Waals surface area contributed by atoms with E-state index in [0.717, 1.165) is 43.9 Å². The van der Waals surface area contributed by atoms with Crippen LogP contribution in [-0.4, -0.2) is 50.6 Å². The number of anilines is 1. The van der Waals surface area contributed by atoms with Crippen molar-refractivity contribution in [2.45, 2.75) is 26.4 Å². The summed E-state index contributed by atoms with van der Waals surface area (Å²) in [4.78, 5) is 17.6. The fourth-order valence-electron chi connectivity index (χ4n) is 4.44. The Labute approximate surface area is 174 Å². The normalized spacial score (nSPS) is 19.4. The third-order valence-corrected chi connectivity index (χ3v) is 5.98. The van der Waals surface area contributed by atoms with Crippen LogP contribution in [0, 0.1) is 5.92 Å². The van der Waals surface area contributed by atoms with Crippen molar-refractivity contribution in [1.29, 1.82) is 0 Å². The lowest BCUT2D eigenvalue weighted by Crippen LogP contribution is -2.49. The Hall–Kier alpha value is -2.37. The van der Waals surface area contributed by atoms with Crippen LogP contribution >= 0.6 is 0 Å². The number of amides is 1. The molecule has 0 aromatic heterocycles. The maximum atomic E-state index is 12.7. The summed E-state index contributed by atoms with van der Waals surface area (Å²) in [6, 6.07) is 15.0. The molecule has 1 amide bonds. The molecule has 29 heavy (non-hydrogen) atoms. The molecule has 1 unspecified atom stereocenters. The first-order valence-corrected chi connectivity index (χ1v) is 10.7. The summed E-state index contributed by atoms with van der Waals surface area (Å²) in [6.07, 6.45) is 1.08. The highest BCUT2D eigenvalue weighted by molar-refractivity contribution is 5.95. The highest BCUT2D eigenvalue weighted by Gasteiger charge is 2.31. The van der Waals surface area contributed by atoms with Gasteiger partial charge in [-0.3, -0.25) is 9.69 Å². The molecule has 1 atom stereocenters. The van der Waals surface area contributed by atoms with Gasteiger partial charge in [0.1, 0.15) is 6.17 Å². The standard InChI is InChI=1S/C24H32N4O/c1-17(2)16-26-23(29)20-9-8-19-14-18-6-4-5-7-21(18)24(27(3)22(19)15-20)28-12-10-25-11-13-28/h4-9,15,17,24-25H,10-14,16H2,1-3H3,(H,26,29). The van der Waals surface area contributed by atoms with Crippen LogP contribution in [0.4, 0.5) is 5.69 Å². The predicted molar refractivity (Wildman–Crippen MR) is 118 cm³/mol. The first-order chi connectivity index (χ1) is 14.0. The van der Waals surface area contributed by atoms with Crippen molar-refractivity contribution in [1.82, 2.24) is 15.5 Å². The molecule has 5 heteroatoms.